The summed E-state index contributed by atoms with van der Waals surface area (Å²) in [6.07, 6.45) is -0.920. The Hall–Kier alpha value is -4.48. The predicted molar refractivity (Wildman–Crippen MR) is 127 cm³/mol. The van der Waals surface area contributed by atoms with Crippen molar-refractivity contribution in [2.24, 2.45) is 0 Å². The van der Waals surface area contributed by atoms with E-state index in [4.69, 9.17) is 4.74 Å². The van der Waals surface area contributed by atoms with Gasteiger partial charge < -0.3 is 20.1 Å². The van der Waals surface area contributed by atoms with Gasteiger partial charge in [0, 0.05) is 5.92 Å². The van der Waals surface area contributed by atoms with Crippen LogP contribution in [0.1, 0.15) is 30.9 Å². The number of hydrogen-bond donors (Lipinski definition) is 2. The molecule has 3 aromatic rings. The molecule has 2 amide bonds. The third-order valence-electron chi connectivity index (χ3n) is 6.16. The van der Waals surface area contributed by atoms with Gasteiger partial charge in [-0.15, -0.1) is 0 Å². The normalized spacial score (nSPS) is 13.6. The maximum Gasteiger partial charge on any atom is 0.407 e. The number of nitrogens with one attached hydrogen (secondary N) is 2. The fourth-order valence-corrected chi connectivity index (χ4v) is 4.14. The highest BCUT2D eigenvalue weighted by Crippen LogP contribution is 2.44. The summed E-state index contributed by atoms with van der Waals surface area (Å²) in [6, 6.07) is 12.6. The zero-order chi connectivity index (χ0) is 28.4. The summed E-state index contributed by atoms with van der Waals surface area (Å²) in [5.41, 5.74) is 4.03. The molecule has 12 heteroatoms. The van der Waals surface area contributed by atoms with E-state index in [-0.39, 0.29) is 12.5 Å². The van der Waals surface area contributed by atoms with Gasteiger partial charge in [0.1, 0.15) is 18.7 Å². The van der Waals surface area contributed by atoms with Gasteiger partial charge in [-0.2, -0.15) is 8.78 Å². The van der Waals surface area contributed by atoms with Crippen LogP contribution in [0.3, 0.4) is 0 Å². The summed E-state index contributed by atoms with van der Waals surface area (Å²) < 4.78 is 77.0. The Kier molecular flexibility index (Phi) is 7.84. The maximum atomic E-state index is 13.8. The second kappa shape index (κ2) is 11.1. The highest BCUT2D eigenvalue weighted by Gasteiger charge is 2.32. The lowest BCUT2D eigenvalue weighted by Crippen LogP contribution is -2.50. The zero-order valence-electron chi connectivity index (χ0n) is 20.5. The van der Waals surface area contributed by atoms with Gasteiger partial charge in [-0.1, -0.05) is 48.5 Å². The average Bonchev–Trinajstić information content (AvgIpc) is 3.25. The Bertz CT molecular complexity index is 1390. The molecule has 7 nitrogen and oxygen atoms in total. The fraction of sp³-hybridized carbons (Fsp3) is 0.222. The Morgan fingerprint density at radius 3 is 1.77 bits per heavy atom. The lowest BCUT2D eigenvalue weighted by atomic mass is 9.98. The number of halogens is 5. The first-order valence-electron chi connectivity index (χ1n) is 11.7. The summed E-state index contributed by atoms with van der Waals surface area (Å²) >= 11 is 0. The predicted octanol–water partition coefficient (Wildman–Crippen LogP) is 4.72. The highest BCUT2D eigenvalue weighted by atomic mass is 19.2. The Balaban J connectivity index is 1.32. The molecule has 0 aliphatic heterocycles. The molecule has 0 radical (unpaired) electrons. The lowest BCUT2D eigenvalue weighted by Gasteiger charge is -2.19. The van der Waals surface area contributed by atoms with E-state index in [1.807, 2.05) is 48.5 Å². The van der Waals surface area contributed by atoms with Crippen LogP contribution in [0, 0.1) is 29.1 Å². The molecule has 4 rings (SSSR count). The highest BCUT2D eigenvalue weighted by molar-refractivity contribution is 5.89. The van der Waals surface area contributed by atoms with Gasteiger partial charge in [-0.25, -0.2) is 22.8 Å². The van der Waals surface area contributed by atoms with E-state index in [0.29, 0.717) is 0 Å². The number of hydrogen-bond acceptors (Lipinski definition) is 5. The van der Waals surface area contributed by atoms with Crippen LogP contribution in [-0.4, -0.2) is 36.7 Å². The fourth-order valence-electron chi connectivity index (χ4n) is 4.14. The van der Waals surface area contributed by atoms with Crippen LogP contribution in [-0.2, 0) is 14.3 Å². The molecule has 204 valence electrons. The molecular weight excluding hydrogens is 527 g/mol. The Morgan fingerprint density at radius 1 is 0.744 bits per heavy atom. The van der Waals surface area contributed by atoms with Crippen LogP contribution in [0.4, 0.5) is 26.7 Å². The minimum atomic E-state index is -2.42. The maximum absolute atomic E-state index is 13.8. The number of carbonyl (C=O) groups is 3. The summed E-state index contributed by atoms with van der Waals surface area (Å²) in [5, 5.41) is 4.42. The van der Waals surface area contributed by atoms with Crippen molar-refractivity contribution in [2.75, 3.05) is 6.61 Å². The smallest absolute Gasteiger partial charge is 0.407 e. The summed E-state index contributed by atoms with van der Waals surface area (Å²) in [6.45, 7) is 2.31. The molecule has 0 saturated carbocycles. The molecule has 0 spiro atoms. The molecule has 0 aromatic heterocycles. The summed E-state index contributed by atoms with van der Waals surface area (Å²) in [4.78, 5) is 36.9. The molecule has 0 heterocycles. The quantitative estimate of drug-likeness (QED) is 0.147. The van der Waals surface area contributed by atoms with Crippen molar-refractivity contribution in [1.29, 1.82) is 0 Å². The van der Waals surface area contributed by atoms with Gasteiger partial charge in [0.05, 0.1) is 0 Å². The first-order valence-corrected chi connectivity index (χ1v) is 11.7. The standard InChI is InChI=1S/C27H21F5N2O5/c1-12(25(35)33-13(2)26(36)39-24-22(31)20(29)19(28)21(30)23(24)32)34-27(37)38-11-18-16-9-5-3-7-14(16)15-8-4-6-10-17(15)18/h3-10,12-13,18H,11H2,1-2H3,(H,33,35)(H,34,37)/t12-,13-/m0/s1. The number of alkyl carbamates (subject to hydrolysis) is 1. The van der Waals surface area contributed by atoms with E-state index >= 15 is 0 Å². The van der Waals surface area contributed by atoms with Gasteiger partial charge in [-0.05, 0) is 36.1 Å². The number of amides is 2. The largest absolute Gasteiger partial charge is 0.449 e. The minimum Gasteiger partial charge on any atom is -0.449 e. The van der Waals surface area contributed by atoms with Crippen molar-refractivity contribution < 1.29 is 45.8 Å². The molecule has 0 fully saturated rings. The average molecular weight is 548 g/mol. The van der Waals surface area contributed by atoms with E-state index in [9.17, 15) is 36.3 Å². The molecule has 0 bridgehead atoms. The van der Waals surface area contributed by atoms with Gasteiger partial charge in [0.25, 0.3) is 0 Å². The number of carbonyl (C=O) groups excluding carboxylic acids is 3. The van der Waals surface area contributed by atoms with Crippen LogP contribution < -0.4 is 15.4 Å². The van der Waals surface area contributed by atoms with Gasteiger partial charge in [0.15, 0.2) is 0 Å². The topological polar surface area (TPSA) is 93.7 Å². The van der Waals surface area contributed by atoms with Crippen LogP contribution in [0.5, 0.6) is 5.75 Å². The van der Waals surface area contributed by atoms with Crippen molar-refractivity contribution in [3.63, 3.8) is 0 Å². The molecule has 39 heavy (non-hydrogen) atoms. The third-order valence-corrected chi connectivity index (χ3v) is 6.16. The second-order valence-electron chi connectivity index (χ2n) is 8.74. The number of fused-ring (bicyclic) bond motifs is 3. The van der Waals surface area contributed by atoms with Crippen molar-refractivity contribution in [1.82, 2.24) is 10.6 Å². The second-order valence-corrected chi connectivity index (χ2v) is 8.74. The van der Waals surface area contributed by atoms with Crippen LogP contribution in [0.15, 0.2) is 48.5 Å². The molecule has 1 aliphatic rings. The number of ether oxygens (including phenoxy) is 2. The third kappa shape index (κ3) is 5.40. The Labute approximate surface area is 218 Å². The molecule has 0 unspecified atom stereocenters. The van der Waals surface area contributed by atoms with Crippen molar-refractivity contribution in [3.05, 3.63) is 88.7 Å². The zero-order valence-corrected chi connectivity index (χ0v) is 20.5. The lowest BCUT2D eigenvalue weighted by molar-refractivity contribution is -0.139. The van der Waals surface area contributed by atoms with Crippen LogP contribution >= 0.6 is 0 Å². The molecular formula is C27H21F5N2O5. The molecule has 2 atom stereocenters. The summed E-state index contributed by atoms with van der Waals surface area (Å²) in [7, 11) is 0. The molecule has 3 aromatic carbocycles. The van der Waals surface area contributed by atoms with E-state index in [1.54, 1.807) is 0 Å². The van der Waals surface area contributed by atoms with Crippen LogP contribution in [0.25, 0.3) is 11.1 Å². The van der Waals surface area contributed by atoms with Gasteiger partial charge in [0.2, 0.25) is 40.7 Å². The Morgan fingerprint density at radius 2 is 1.23 bits per heavy atom. The number of benzene rings is 3. The number of rotatable bonds is 7. The van der Waals surface area contributed by atoms with E-state index in [0.717, 1.165) is 29.2 Å². The van der Waals surface area contributed by atoms with Gasteiger partial charge >= 0.3 is 12.1 Å². The number of esters is 1. The van der Waals surface area contributed by atoms with Crippen molar-refractivity contribution >= 4 is 18.0 Å². The molecule has 2 N–H and O–H groups in total. The van der Waals surface area contributed by atoms with E-state index in [2.05, 4.69) is 15.4 Å². The van der Waals surface area contributed by atoms with Crippen molar-refractivity contribution in [3.8, 4) is 16.9 Å². The molecule has 0 saturated heterocycles. The first-order chi connectivity index (χ1) is 18.5. The van der Waals surface area contributed by atoms with E-state index < -0.39 is 64.9 Å². The van der Waals surface area contributed by atoms with Crippen molar-refractivity contribution in [2.45, 2.75) is 31.8 Å². The summed E-state index contributed by atoms with van der Waals surface area (Å²) in [5.74, 6) is -16.1. The molecule has 1 aliphatic carbocycles. The van der Waals surface area contributed by atoms with Crippen LogP contribution in [0.2, 0.25) is 0 Å². The SMILES string of the molecule is C[C@H](NC(=O)OCC1c2ccccc2-c2ccccc21)C(=O)N[C@@H](C)C(=O)Oc1c(F)c(F)c(F)c(F)c1F. The van der Waals surface area contributed by atoms with E-state index in [1.165, 1.54) is 6.92 Å². The first kappa shape index (κ1) is 27.6. The monoisotopic (exact) mass is 548 g/mol. The minimum absolute atomic E-state index is 0.0150. The van der Waals surface area contributed by atoms with Gasteiger partial charge in [-0.3, -0.25) is 4.79 Å².